The molecule has 0 unspecified atom stereocenters. The molecule has 1 fully saturated rings. The van der Waals surface area contributed by atoms with Crippen molar-refractivity contribution in [1.82, 2.24) is 24.7 Å². The molecule has 0 amide bonds. The van der Waals surface area contributed by atoms with Crippen molar-refractivity contribution in [2.24, 2.45) is 0 Å². The number of rotatable bonds is 4. The Morgan fingerprint density at radius 3 is 3.04 bits per heavy atom. The first kappa shape index (κ1) is 16.4. The highest BCUT2D eigenvalue weighted by Gasteiger charge is 2.18. The number of hydrogen-bond donors (Lipinski definition) is 3. The summed E-state index contributed by atoms with van der Waals surface area (Å²) in [6.07, 6.45) is 4.78. The van der Waals surface area contributed by atoms with Gasteiger partial charge in [-0.2, -0.15) is 0 Å². The molecule has 1 aliphatic heterocycles. The summed E-state index contributed by atoms with van der Waals surface area (Å²) in [6, 6.07) is 4.41. The van der Waals surface area contributed by atoms with E-state index in [1.165, 1.54) is 35.0 Å². The van der Waals surface area contributed by atoms with E-state index in [1.54, 1.807) is 0 Å². The lowest BCUT2D eigenvalue weighted by atomic mass is 10.1. The summed E-state index contributed by atoms with van der Waals surface area (Å²) in [5.41, 5.74) is 0.816. The smallest absolute Gasteiger partial charge is 0.354 e. The first-order chi connectivity index (χ1) is 12.6. The highest BCUT2D eigenvalue weighted by molar-refractivity contribution is 5.87. The number of aromatic carboxylic acids is 1. The average Bonchev–Trinajstić information content (AvgIpc) is 3.05. The Balaban J connectivity index is 1.76. The summed E-state index contributed by atoms with van der Waals surface area (Å²) in [6.45, 7) is 1.75. The summed E-state index contributed by atoms with van der Waals surface area (Å²) in [4.78, 5) is 24.2. The van der Waals surface area contributed by atoms with E-state index in [4.69, 9.17) is 0 Å². The van der Waals surface area contributed by atoms with Crippen molar-refractivity contribution < 1.29 is 14.3 Å². The van der Waals surface area contributed by atoms with Crippen LogP contribution < -0.4 is 10.6 Å². The molecule has 0 bridgehead atoms. The molecule has 1 aliphatic rings. The van der Waals surface area contributed by atoms with Crippen molar-refractivity contribution >= 4 is 17.4 Å². The van der Waals surface area contributed by atoms with Gasteiger partial charge in [-0.05, 0) is 31.5 Å². The van der Waals surface area contributed by atoms with Crippen LogP contribution >= 0.6 is 0 Å². The number of carbonyl (C=O) groups is 1. The van der Waals surface area contributed by atoms with Crippen LogP contribution in [0.1, 0.15) is 23.3 Å². The molecule has 3 N–H and O–H groups in total. The van der Waals surface area contributed by atoms with Crippen LogP contribution in [-0.4, -0.2) is 49.6 Å². The molecule has 0 saturated carbocycles. The minimum absolute atomic E-state index is 0.132. The minimum Gasteiger partial charge on any atom is -0.477 e. The van der Waals surface area contributed by atoms with E-state index in [-0.39, 0.29) is 17.6 Å². The molecular weight excluding hydrogens is 339 g/mol. The van der Waals surface area contributed by atoms with Crippen molar-refractivity contribution in [3.8, 4) is 11.5 Å². The lowest BCUT2D eigenvalue weighted by molar-refractivity contribution is 0.0690. The van der Waals surface area contributed by atoms with Crippen LogP contribution in [0.15, 0.2) is 30.6 Å². The molecule has 0 spiro atoms. The van der Waals surface area contributed by atoms with Crippen LogP contribution in [0, 0.1) is 5.82 Å². The Morgan fingerprint density at radius 2 is 2.27 bits per heavy atom. The molecule has 134 valence electrons. The van der Waals surface area contributed by atoms with Crippen molar-refractivity contribution in [3.05, 3.63) is 42.1 Å². The molecule has 8 nitrogen and oxygen atoms in total. The highest BCUT2D eigenvalue weighted by Crippen LogP contribution is 2.21. The monoisotopic (exact) mass is 356 g/mol. The molecule has 0 radical (unpaired) electrons. The van der Waals surface area contributed by atoms with E-state index in [1.807, 2.05) is 0 Å². The van der Waals surface area contributed by atoms with Gasteiger partial charge in [-0.1, -0.05) is 0 Å². The number of carboxylic acids is 1. The van der Waals surface area contributed by atoms with Gasteiger partial charge in [0.25, 0.3) is 0 Å². The summed E-state index contributed by atoms with van der Waals surface area (Å²) < 4.78 is 15.1. The average molecular weight is 356 g/mol. The predicted octanol–water partition coefficient (Wildman–Crippen LogP) is 1.79. The lowest BCUT2D eigenvalue weighted by Gasteiger charge is -2.24. The lowest BCUT2D eigenvalue weighted by Crippen LogP contribution is -2.38. The normalized spacial score (nSPS) is 17.3. The number of nitrogens with zero attached hydrogens (tertiary/aromatic N) is 4. The second kappa shape index (κ2) is 6.68. The number of aromatic nitrogens is 4. The zero-order chi connectivity index (χ0) is 18.1. The predicted molar refractivity (Wildman–Crippen MR) is 92.6 cm³/mol. The molecule has 1 saturated heterocycles. The van der Waals surface area contributed by atoms with Gasteiger partial charge in [0.2, 0.25) is 0 Å². The molecular formula is C17H17FN6O2. The minimum atomic E-state index is -1.15. The molecule has 1 atom stereocenters. The Labute approximate surface area is 148 Å². The second-order valence-corrected chi connectivity index (χ2v) is 6.17. The Morgan fingerprint density at radius 1 is 1.38 bits per heavy atom. The zero-order valence-corrected chi connectivity index (χ0v) is 13.8. The van der Waals surface area contributed by atoms with Crippen LogP contribution in [0.4, 0.5) is 10.2 Å². The number of halogens is 1. The van der Waals surface area contributed by atoms with Crippen molar-refractivity contribution in [1.29, 1.82) is 0 Å². The molecule has 4 heterocycles. The van der Waals surface area contributed by atoms with E-state index >= 15 is 0 Å². The number of anilines is 1. The standard InChI is InChI=1S/C17H17FN6O2/c18-10-3-4-15-20-8-13(24(15)9-10)16-22-12(17(25)26)6-14(23-16)21-11-2-1-5-19-7-11/h3-4,6,8-9,11,19H,1-2,5,7H2,(H,25,26)(H,21,22,23)/t11-/m1/s1. The Bertz CT molecular complexity index is 967. The SMILES string of the molecule is O=C(O)c1cc(N[C@@H]2CCCNC2)nc(-c2cnc3ccc(F)cn23)n1. The fourth-order valence-corrected chi connectivity index (χ4v) is 3.05. The van der Waals surface area contributed by atoms with Gasteiger partial charge in [0.05, 0.1) is 6.20 Å². The molecule has 0 aromatic carbocycles. The molecule has 26 heavy (non-hydrogen) atoms. The van der Waals surface area contributed by atoms with Gasteiger partial charge in [0.1, 0.15) is 23.0 Å². The maximum atomic E-state index is 13.6. The van der Waals surface area contributed by atoms with E-state index < -0.39 is 11.8 Å². The van der Waals surface area contributed by atoms with Crippen LogP contribution in [0.2, 0.25) is 0 Å². The van der Waals surface area contributed by atoms with Gasteiger partial charge in [-0.15, -0.1) is 0 Å². The molecule has 0 aliphatic carbocycles. The molecule has 3 aromatic heterocycles. The zero-order valence-electron chi connectivity index (χ0n) is 13.8. The van der Waals surface area contributed by atoms with Gasteiger partial charge in [-0.3, -0.25) is 4.40 Å². The largest absolute Gasteiger partial charge is 0.477 e. The summed E-state index contributed by atoms with van der Waals surface area (Å²) in [5, 5.41) is 15.9. The van der Waals surface area contributed by atoms with Crippen molar-refractivity contribution in [2.75, 3.05) is 18.4 Å². The second-order valence-electron chi connectivity index (χ2n) is 6.17. The maximum Gasteiger partial charge on any atom is 0.354 e. The third-order valence-corrected chi connectivity index (χ3v) is 4.29. The van der Waals surface area contributed by atoms with E-state index in [9.17, 15) is 14.3 Å². The third-order valence-electron chi connectivity index (χ3n) is 4.29. The van der Waals surface area contributed by atoms with Gasteiger partial charge in [0.15, 0.2) is 11.5 Å². The summed E-state index contributed by atoms with van der Waals surface area (Å²) in [5.74, 6) is -0.988. The first-order valence-corrected chi connectivity index (χ1v) is 8.33. The topological polar surface area (TPSA) is 104 Å². The van der Waals surface area contributed by atoms with E-state index in [2.05, 4.69) is 25.6 Å². The number of imidazole rings is 1. The van der Waals surface area contributed by atoms with Crippen LogP contribution in [0.5, 0.6) is 0 Å². The number of fused-ring (bicyclic) bond motifs is 1. The molecule has 9 heteroatoms. The number of pyridine rings is 1. The Hall–Kier alpha value is -3.07. The highest BCUT2D eigenvalue weighted by atomic mass is 19.1. The fourth-order valence-electron chi connectivity index (χ4n) is 3.05. The number of hydrogen-bond acceptors (Lipinski definition) is 6. The van der Waals surface area contributed by atoms with Crippen LogP contribution in [0.3, 0.4) is 0 Å². The van der Waals surface area contributed by atoms with E-state index in [0.29, 0.717) is 17.2 Å². The van der Waals surface area contributed by atoms with Crippen LogP contribution in [0.25, 0.3) is 17.2 Å². The molecule has 3 aromatic rings. The number of piperidine rings is 1. The van der Waals surface area contributed by atoms with E-state index in [0.717, 1.165) is 25.9 Å². The molecule has 4 rings (SSSR count). The maximum absolute atomic E-state index is 13.6. The van der Waals surface area contributed by atoms with Gasteiger partial charge in [0, 0.05) is 24.8 Å². The number of carboxylic acid groups (broad SMARTS) is 1. The summed E-state index contributed by atoms with van der Waals surface area (Å²) in [7, 11) is 0. The third kappa shape index (κ3) is 3.21. The summed E-state index contributed by atoms with van der Waals surface area (Å²) >= 11 is 0. The van der Waals surface area contributed by atoms with Crippen molar-refractivity contribution in [2.45, 2.75) is 18.9 Å². The van der Waals surface area contributed by atoms with Gasteiger partial charge < -0.3 is 15.7 Å². The van der Waals surface area contributed by atoms with Gasteiger partial charge >= 0.3 is 5.97 Å². The van der Waals surface area contributed by atoms with Crippen LogP contribution in [-0.2, 0) is 0 Å². The van der Waals surface area contributed by atoms with Gasteiger partial charge in [-0.25, -0.2) is 24.1 Å². The Kier molecular flexibility index (Phi) is 4.21. The first-order valence-electron chi connectivity index (χ1n) is 8.33. The fraction of sp³-hybridized carbons (Fsp3) is 0.294. The quantitative estimate of drug-likeness (QED) is 0.655. The number of nitrogens with one attached hydrogen (secondary N) is 2. The van der Waals surface area contributed by atoms with Crippen molar-refractivity contribution in [3.63, 3.8) is 0 Å².